The van der Waals surface area contributed by atoms with Gasteiger partial charge in [0.1, 0.15) is 9.84 Å². The van der Waals surface area contributed by atoms with E-state index in [-0.39, 0.29) is 5.75 Å². The van der Waals surface area contributed by atoms with Crippen molar-refractivity contribution in [2.24, 2.45) is 0 Å². The van der Waals surface area contributed by atoms with Gasteiger partial charge in [-0.1, -0.05) is 6.92 Å². The van der Waals surface area contributed by atoms with Crippen molar-refractivity contribution in [3.63, 3.8) is 0 Å². The van der Waals surface area contributed by atoms with E-state index >= 15 is 0 Å². The molecule has 0 unspecified atom stereocenters. The Morgan fingerprint density at radius 3 is 2.78 bits per heavy atom. The van der Waals surface area contributed by atoms with Gasteiger partial charge in [-0.15, -0.1) is 0 Å². The van der Waals surface area contributed by atoms with E-state index in [4.69, 9.17) is 0 Å². The van der Waals surface area contributed by atoms with Crippen molar-refractivity contribution in [2.45, 2.75) is 39.8 Å². The van der Waals surface area contributed by atoms with E-state index in [0.29, 0.717) is 13.0 Å². The lowest BCUT2D eigenvalue weighted by molar-refractivity contribution is 0.567. The molecule has 0 aromatic carbocycles. The molecule has 1 heterocycles. The van der Waals surface area contributed by atoms with Crippen LogP contribution in [0.5, 0.6) is 0 Å². The zero-order valence-corrected chi connectivity index (χ0v) is 12.3. The molecule has 0 spiro atoms. The Balaban J connectivity index is 2.47. The molecule has 0 amide bonds. The van der Waals surface area contributed by atoms with E-state index in [0.717, 1.165) is 25.2 Å². The fraction of sp³-hybridized carbons (Fsp3) is 0.750. The predicted molar refractivity (Wildman–Crippen MR) is 73.3 cm³/mol. The van der Waals surface area contributed by atoms with Crippen LogP contribution in [0, 0.1) is 6.92 Å². The normalized spacial score (nSPS) is 11.9. The van der Waals surface area contributed by atoms with E-state index in [1.54, 1.807) is 0 Å². The first-order chi connectivity index (χ1) is 8.44. The standard InChI is InChI=1S/C12H23N3O2S/c1-4-6-13-9-12-10-14-15(11(12)2)7-5-8-18(3,16)17/h10,13H,4-9H2,1-3H3. The molecule has 0 saturated heterocycles. The summed E-state index contributed by atoms with van der Waals surface area (Å²) in [5.41, 5.74) is 2.30. The van der Waals surface area contributed by atoms with Gasteiger partial charge in [0.25, 0.3) is 0 Å². The van der Waals surface area contributed by atoms with Crippen LogP contribution in [0.4, 0.5) is 0 Å². The Morgan fingerprint density at radius 2 is 2.17 bits per heavy atom. The Bertz CT molecular complexity index is 466. The second-order valence-electron chi connectivity index (χ2n) is 4.64. The maximum Gasteiger partial charge on any atom is 0.147 e. The van der Waals surface area contributed by atoms with Crippen molar-refractivity contribution in [3.8, 4) is 0 Å². The highest BCUT2D eigenvalue weighted by Crippen LogP contribution is 2.07. The van der Waals surface area contributed by atoms with Gasteiger partial charge >= 0.3 is 0 Å². The van der Waals surface area contributed by atoms with Crippen LogP contribution < -0.4 is 5.32 Å². The van der Waals surface area contributed by atoms with Gasteiger partial charge in [-0.05, 0) is 26.3 Å². The summed E-state index contributed by atoms with van der Waals surface area (Å²) >= 11 is 0. The minimum absolute atomic E-state index is 0.218. The second-order valence-corrected chi connectivity index (χ2v) is 6.90. The van der Waals surface area contributed by atoms with Gasteiger partial charge in [0.2, 0.25) is 0 Å². The van der Waals surface area contributed by atoms with E-state index < -0.39 is 9.84 Å². The van der Waals surface area contributed by atoms with Crippen molar-refractivity contribution in [2.75, 3.05) is 18.6 Å². The summed E-state index contributed by atoms with van der Waals surface area (Å²) in [4.78, 5) is 0. The first-order valence-corrected chi connectivity index (χ1v) is 8.40. The maximum absolute atomic E-state index is 11.0. The number of aryl methyl sites for hydroxylation is 1. The summed E-state index contributed by atoms with van der Waals surface area (Å²) in [6.45, 7) is 6.64. The highest BCUT2D eigenvalue weighted by atomic mass is 32.2. The van der Waals surface area contributed by atoms with Crippen LogP contribution in [0.2, 0.25) is 0 Å². The SMILES string of the molecule is CCCNCc1cnn(CCCS(C)(=O)=O)c1C. The topological polar surface area (TPSA) is 64.0 Å². The third-order valence-electron chi connectivity index (χ3n) is 2.83. The fourth-order valence-corrected chi connectivity index (χ4v) is 2.41. The number of nitrogens with zero attached hydrogens (tertiary/aromatic N) is 2. The van der Waals surface area contributed by atoms with Gasteiger partial charge in [-0.25, -0.2) is 8.42 Å². The average molecular weight is 273 g/mol. The Kier molecular flexibility index (Phi) is 5.81. The Hall–Kier alpha value is -0.880. The highest BCUT2D eigenvalue weighted by molar-refractivity contribution is 7.90. The summed E-state index contributed by atoms with van der Waals surface area (Å²) in [6.07, 6.45) is 4.85. The van der Waals surface area contributed by atoms with Crippen LogP contribution in [-0.4, -0.2) is 36.8 Å². The van der Waals surface area contributed by atoms with E-state index in [1.807, 2.05) is 17.8 Å². The van der Waals surface area contributed by atoms with Crippen LogP contribution >= 0.6 is 0 Å². The molecule has 0 radical (unpaired) electrons. The lowest BCUT2D eigenvalue weighted by atomic mass is 10.2. The summed E-state index contributed by atoms with van der Waals surface area (Å²) in [5.74, 6) is 0.218. The molecule has 0 aliphatic heterocycles. The van der Waals surface area contributed by atoms with Crippen molar-refractivity contribution >= 4 is 9.84 Å². The molecule has 1 aromatic rings. The number of aromatic nitrogens is 2. The second kappa shape index (κ2) is 6.89. The zero-order valence-electron chi connectivity index (χ0n) is 11.4. The third kappa shape index (κ3) is 5.18. The van der Waals surface area contributed by atoms with Crippen LogP contribution in [0.1, 0.15) is 31.0 Å². The van der Waals surface area contributed by atoms with E-state index in [2.05, 4.69) is 17.3 Å². The maximum atomic E-state index is 11.0. The molecule has 0 atom stereocenters. The van der Waals surface area contributed by atoms with Crippen LogP contribution in [0.25, 0.3) is 0 Å². The van der Waals surface area contributed by atoms with Crippen LogP contribution in [0.3, 0.4) is 0 Å². The van der Waals surface area contributed by atoms with E-state index in [9.17, 15) is 8.42 Å². The van der Waals surface area contributed by atoms with Crippen molar-refractivity contribution in [1.82, 2.24) is 15.1 Å². The van der Waals surface area contributed by atoms with Crippen molar-refractivity contribution in [1.29, 1.82) is 0 Å². The number of sulfone groups is 1. The molecule has 0 bridgehead atoms. The smallest absolute Gasteiger partial charge is 0.147 e. The van der Waals surface area contributed by atoms with Gasteiger partial charge in [0.15, 0.2) is 0 Å². The van der Waals surface area contributed by atoms with Gasteiger partial charge in [0.05, 0.1) is 11.9 Å². The summed E-state index contributed by atoms with van der Waals surface area (Å²) in [5, 5.41) is 7.63. The lowest BCUT2D eigenvalue weighted by Crippen LogP contribution is -2.14. The summed E-state index contributed by atoms with van der Waals surface area (Å²) in [7, 11) is -2.87. The Morgan fingerprint density at radius 1 is 1.44 bits per heavy atom. The Labute approximate surface area is 109 Å². The van der Waals surface area contributed by atoms with Crippen molar-refractivity contribution in [3.05, 3.63) is 17.5 Å². The fourth-order valence-electron chi connectivity index (χ4n) is 1.76. The molecular weight excluding hydrogens is 250 g/mol. The molecule has 1 N–H and O–H groups in total. The average Bonchev–Trinajstić information content (AvgIpc) is 2.60. The minimum Gasteiger partial charge on any atom is -0.313 e. The molecule has 0 fully saturated rings. The van der Waals surface area contributed by atoms with Gasteiger partial charge < -0.3 is 5.32 Å². The zero-order chi connectivity index (χ0) is 13.6. The molecule has 0 aliphatic rings. The molecule has 5 nitrogen and oxygen atoms in total. The molecule has 104 valence electrons. The van der Waals surface area contributed by atoms with Gasteiger partial charge in [-0.3, -0.25) is 4.68 Å². The molecule has 18 heavy (non-hydrogen) atoms. The number of hydrogen-bond donors (Lipinski definition) is 1. The lowest BCUT2D eigenvalue weighted by Gasteiger charge is -2.06. The molecule has 6 heteroatoms. The molecule has 0 aliphatic carbocycles. The minimum atomic E-state index is -2.87. The number of nitrogens with one attached hydrogen (secondary N) is 1. The van der Waals surface area contributed by atoms with Gasteiger partial charge in [-0.2, -0.15) is 5.10 Å². The summed E-state index contributed by atoms with van der Waals surface area (Å²) in [6, 6.07) is 0. The molecule has 0 saturated carbocycles. The van der Waals surface area contributed by atoms with Crippen LogP contribution in [-0.2, 0) is 22.9 Å². The number of hydrogen-bond acceptors (Lipinski definition) is 4. The van der Waals surface area contributed by atoms with Crippen molar-refractivity contribution < 1.29 is 8.42 Å². The molecule has 1 aromatic heterocycles. The summed E-state index contributed by atoms with van der Waals surface area (Å²) < 4.78 is 24.0. The highest BCUT2D eigenvalue weighted by Gasteiger charge is 2.07. The molecule has 1 rings (SSSR count). The number of rotatable bonds is 8. The predicted octanol–water partition coefficient (Wildman–Crippen LogP) is 1.13. The van der Waals surface area contributed by atoms with Gasteiger partial charge in [0, 0.05) is 30.6 Å². The monoisotopic (exact) mass is 273 g/mol. The quantitative estimate of drug-likeness (QED) is 0.721. The first kappa shape index (κ1) is 15.2. The van der Waals surface area contributed by atoms with Crippen LogP contribution in [0.15, 0.2) is 6.20 Å². The first-order valence-electron chi connectivity index (χ1n) is 6.33. The molecular formula is C12H23N3O2S. The largest absolute Gasteiger partial charge is 0.313 e. The van der Waals surface area contributed by atoms with E-state index in [1.165, 1.54) is 11.8 Å². The third-order valence-corrected chi connectivity index (χ3v) is 3.86.